The molecule has 21 heavy (non-hydrogen) atoms. The number of nitrogens with zero attached hydrogens (tertiary/aromatic N) is 2. The summed E-state index contributed by atoms with van der Waals surface area (Å²) in [4.78, 5) is 16.9. The number of benzene rings is 1. The lowest BCUT2D eigenvalue weighted by atomic mass is 10.1. The second kappa shape index (κ2) is 7.46. The van der Waals surface area contributed by atoms with Crippen LogP contribution < -0.4 is 5.73 Å². The van der Waals surface area contributed by atoms with Gasteiger partial charge in [-0.2, -0.15) is 0 Å². The minimum atomic E-state index is -0.0745. The molecule has 1 aromatic carbocycles. The molecule has 0 saturated carbocycles. The first-order valence-electron chi connectivity index (χ1n) is 7.99. The minimum Gasteiger partial charge on any atom is -0.399 e. The number of carbonyl (C=O) groups excluding carboxylic acids is 1. The topological polar surface area (TPSA) is 49.6 Å². The standard InChI is InChI=1S/C17H27N3O/c1-3-19(13-15-8-7-9-16(18)12-15)14(2)17(21)20-10-5-4-6-11-20/h7-9,12,14H,3-6,10-11,13,18H2,1-2H3. The zero-order valence-corrected chi connectivity index (χ0v) is 13.2. The van der Waals surface area contributed by atoms with Gasteiger partial charge in [-0.15, -0.1) is 0 Å². The first-order valence-corrected chi connectivity index (χ1v) is 7.99. The van der Waals surface area contributed by atoms with Crippen molar-refractivity contribution in [2.75, 3.05) is 25.4 Å². The highest BCUT2D eigenvalue weighted by Crippen LogP contribution is 2.15. The Morgan fingerprint density at radius 3 is 2.67 bits per heavy atom. The van der Waals surface area contributed by atoms with Crippen LogP contribution in [-0.4, -0.2) is 41.4 Å². The molecule has 4 nitrogen and oxygen atoms in total. The molecule has 0 bridgehead atoms. The number of hydrogen-bond donors (Lipinski definition) is 1. The smallest absolute Gasteiger partial charge is 0.239 e. The number of amides is 1. The lowest BCUT2D eigenvalue weighted by Gasteiger charge is -2.34. The largest absolute Gasteiger partial charge is 0.399 e. The number of carbonyl (C=O) groups is 1. The van der Waals surface area contributed by atoms with E-state index in [4.69, 9.17) is 5.73 Å². The molecule has 1 aromatic rings. The van der Waals surface area contributed by atoms with Gasteiger partial charge in [0.15, 0.2) is 0 Å². The van der Waals surface area contributed by atoms with Crippen molar-refractivity contribution >= 4 is 11.6 Å². The Balaban J connectivity index is 2.00. The molecule has 1 heterocycles. The fourth-order valence-corrected chi connectivity index (χ4v) is 2.98. The van der Waals surface area contributed by atoms with E-state index in [0.717, 1.165) is 50.3 Å². The van der Waals surface area contributed by atoms with Gasteiger partial charge >= 0.3 is 0 Å². The van der Waals surface area contributed by atoms with E-state index in [-0.39, 0.29) is 11.9 Å². The van der Waals surface area contributed by atoms with Gasteiger partial charge in [0, 0.05) is 25.3 Å². The number of likely N-dealkylation sites (N-methyl/N-ethyl adjacent to an activating group) is 1. The average molecular weight is 289 g/mol. The zero-order chi connectivity index (χ0) is 15.2. The van der Waals surface area contributed by atoms with Crippen LogP contribution in [0.15, 0.2) is 24.3 Å². The molecule has 116 valence electrons. The molecule has 2 N–H and O–H groups in total. The first kappa shape index (κ1) is 15.8. The maximum absolute atomic E-state index is 12.6. The molecule has 0 spiro atoms. The summed E-state index contributed by atoms with van der Waals surface area (Å²) in [6.45, 7) is 7.58. The minimum absolute atomic E-state index is 0.0745. The van der Waals surface area contributed by atoms with Crippen LogP contribution in [0.1, 0.15) is 38.7 Å². The lowest BCUT2D eigenvalue weighted by Crippen LogP contribution is -2.48. The summed E-state index contributed by atoms with van der Waals surface area (Å²) in [7, 11) is 0. The maximum Gasteiger partial charge on any atom is 0.239 e. The molecule has 1 aliphatic heterocycles. The summed E-state index contributed by atoms with van der Waals surface area (Å²) in [5.41, 5.74) is 7.77. The van der Waals surface area contributed by atoms with Gasteiger partial charge in [0.1, 0.15) is 0 Å². The number of piperidine rings is 1. The fourth-order valence-electron chi connectivity index (χ4n) is 2.98. The Morgan fingerprint density at radius 2 is 2.05 bits per heavy atom. The van der Waals surface area contributed by atoms with Gasteiger partial charge in [0.2, 0.25) is 5.91 Å². The van der Waals surface area contributed by atoms with E-state index in [9.17, 15) is 4.79 Å². The highest BCUT2D eigenvalue weighted by molar-refractivity contribution is 5.81. The molecule has 1 aliphatic rings. The van der Waals surface area contributed by atoms with Crippen LogP contribution in [0.4, 0.5) is 5.69 Å². The molecule has 0 aliphatic carbocycles. The van der Waals surface area contributed by atoms with Gasteiger partial charge in [-0.1, -0.05) is 19.1 Å². The van der Waals surface area contributed by atoms with E-state index in [1.165, 1.54) is 6.42 Å². The fraction of sp³-hybridized carbons (Fsp3) is 0.588. The number of likely N-dealkylation sites (tertiary alicyclic amines) is 1. The molecular formula is C17H27N3O. The Kier molecular flexibility index (Phi) is 5.62. The molecule has 1 atom stereocenters. The predicted octanol–water partition coefficient (Wildman–Crippen LogP) is 2.49. The van der Waals surface area contributed by atoms with Gasteiger partial charge in [-0.3, -0.25) is 9.69 Å². The average Bonchev–Trinajstić information content (AvgIpc) is 2.52. The Hall–Kier alpha value is -1.55. The van der Waals surface area contributed by atoms with Crippen LogP contribution in [0.5, 0.6) is 0 Å². The van der Waals surface area contributed by atoms with Crippen molar-refractivity contribution in [1.29, 1.82) is 0 Å². The van der Waals surface area contributed by atoms with Crippen molar-refractivity contribution in [2.24, 2.45) is 0 Å². The Labute approximate surface area is 127 Å². The van der Waals surface area contributed by atoms with Crippen LogP contribution >= 0.6 is 0 Å². The first-order chi connectivity index (χ1) is 10.1. The van der Waals surface area contributed by atoms with Crippen molar-refractivity contribution in [2.45, 2.75) is 45.7 Å². The third-order valence-electron chi connectivity index (χ3n) is 4.32. The third-order valence-corrected chi connectivity index (χ3v) is 4.32. The van der Waals surface area contributed by atoms with Crippen LogP contribution in [-0.2, 0) is 11.3 Å². The van der Waals surface area contributed by atoms with Crippen LogP contribution in [0.25, 0.3) is 0 Å². The number of rotatable bonds is 5. The van der Waals surface area contributed by atoms with Gasteiger partial charge in [0.25, 0.3) is 0 Å². The van der Waals surface area contributed by atoms with Gasteiger partial charge < -0.3 is 10.6 Å². The van der Waals surface area contributed by atoms with E-state index < -0.39 is 0 Å². The van der Waals surface area contributed by atoms with Gasteiger partial charge in [-0.25, -0.2) is 0 Å². The summed E-state index contributed by atoms with van der Waals surface area (Å²) >= 11 is 0. The summed E-state index contributed by atoms with van der Waals surface area (Å²) in [5, 5.41) is 0. The van der Waals surface area contributed by atoms with Crippen molar-refractivity contribution in [3.05, 3.63) is 29.8 Å². The second-order valence-electron chi connectivity index (χ2n) is 5.87. The highest BCUT2D eigenvalue weighted by atomic mass is 16.2. The lowest BCUT2D eigenvalue weighted by molar-refractivity contribution is -0.137. The number of nitrogens with two attached hydrogens (primary N) is 1. The van der Waals surface area contributed by atoms with Crippen molar-refractivity contribution in [3.63, 3.8) is 0 Å². The monoisotopic (exact) mass is 289 g/mol. The van der Waals surface area contributed by atoms with Crippen molar-refractivity contribution in [1.82, 2.24) is 9.80 Å². The highest BCUT2D eigenvalue weighted by Gasteiger charge is 2.26. The molecule has 0 aromatic heterocycles. The molecular weight excluding hydrogens is 262 g/mol. The van der Waals surface area contributed by atoms with Crippen molar-refractivity contribution < 1.29 is 4.79 Å². The second-order valence-corrected chi connectivity index (χ2v) is 5.87. The molecule has 1 unspecified atom stereocenters. The molecule has 1 fully saturated rings. The summed E-state index contributed by atoms with van der Waals surface area (Å²) < 4.78 is 0. The van der Waals surface area contributed by atoms with Gasteiger partial charge in [-0.05, 0) is 50.4 Å². The molecule has 2 rings (SSSR count). The Morgan fingerprint density at radius 1 is 1.33 bits per heavy atom. The quantitative estimate of drug-likeness (QED) is 0.847. The van der Waals surface area contributed by atoms with E-state index in [1.54, 1.807) is 0 Å². The SMILES string of the molecule is CCN(Cc1cccc(N)c1)C(C)C(=O)N1CCCCC1. The number of hydrogen-bond acceptors (Lipinski definition) is 3. The van der Waals surface area contributed by atoms with Crippen LogP contribution in [0.3, 0.4) is 0 Å². The van der Waals surface area contributed by atoms with Crippen molar-refractivity contribution in [3.8, 4) is 0 Å². The van der Waals surface area contributed by atoms with Gasteiger partial charge in [0.05, 0.1) is 6.04 Å². The predicted molar refractivity (Wildman–Crippen MR) is 86.8 cm³/mol. The van der Waals surface area contributed by atoms with E-state index in [0.29, 0.717) is 0 Å². The molecule has 1 saturated heterocycles. The van der Waals surface area contributed by atoms with E-state index >= 15 is 0 Å². The summed E-state index contributed by atoms with van der Waals surface area (Å²) in [6, 6.07) is 7.84. The third kappa shape index (κ3) is 4.21. The Bertz CT molecular complexity index is 469. The summed E-state index contributed by atoms with van der Waals surface area (Å²) in [5.74, 6) is 0.264. The number of nitrogen functional groups attached to an aromatic ring is 1. The maximum atomic E-state index is 12.6. The van der Waals surface area contributed by atoms with E-state index in [2.05, 4.69) is 17.9 Å². The zero-order valence-electron chi connectivity index (χ0n) is 13.2. The molecule has 1 amide bonds. The van der Waals surface area contributed by atoms with Crippen LogP contribution in [0, 0.1) is 0 Å². The summed E-state index contributed by atoms with van der Waals surface area (Å²) in [6.07, 6.45) is 3.53. The normalized spacial score (nSPS) is 17.0. The molecule has 0 radical (unpaired) electrons. The molecule has 4 heteroatoms. The van der Waals surface area contributed by atoms with E-state index in [1.807, 2.05) is 30.0 Å². The number of anilines is 1. The van der Waals surface area contributed by atoms with Crippen LogP contribution in [0.2, 0.25) is 0 Å².